The minimum atomic E-state index is -0.118. The van der Waals surface area contributed by atoms with E-state index in [9.17, 15) is 9.59 Å². The number of carbonyl (C=O) groups is 2. The first-order valence-electron chi connectivity index (χ1n) is 9.98. The number of amides is 2. The van der Waals surface area contributed by atoms with Crippen LogP contribution in [-0.4, -0.2) is 24.9 Å². The summed E-state index contributed by atoms with van der Waals surface area (Å²) >= 11 is 0. The van der Waals surface area contributed by atoms with Crippen molar-refractivity contribution >= 4 is 17.5 Å². The van der Waals surface area contributed by atoms with E-state index in [1.54, 1.807) is 29.2 Å². The van der Waals surface area contributed by atoms with Crippen LogP contribution < -0.4 is 10.2 Å². The lowest BCUT2D eigenvalue weighted by Gasteiger charge is -2.21. The molecule has 0 aliphatic carbocycles. The highest BCUT2D eigenvalue weighted by atomic mass is 16.2. The molecule has 0 aliphatic rings. The average Bonchev–Trinajstić information content (AvgIpc) is 2.78. The van der Waals surface area contributed by atoms with E-state index in [1.165, 1.54) is 5.56 Å². The number of hydrogen-bond acceptors (Lipinski definition) is 2. The van der Waals surface area contributed by atoms with Gasteiger partial charge in [0.15, 0.2) is 0 Å². The lowest BCUT2D eigenvalue weighted by Crippen LogP contribution is -2.30. The van der Waals surface area contributed by atoms with Gasteiger partial charge in [-0.3, -0.25) is 9.59 Å². The Morgan fingerprint density at radius 1 is 0.793 bits per heavy atom. The number of aryl methyl sites for hydroxylation is 1. The number of para-hydroxylation sites is 1. The van der Waals surface area contributed by atoms with Gasteiger partial charge < -0.3 is 10.2 Å². The van der Waals surface area contributed by atoms with E-state index in [0.29, 0.717) is 24.2 Å². The van der Waals surface area contributed by atoms with Crippen molar-refractivity contribution in [2.24, 2.45) is 0 Å². The highest BCUT2D eigenvalue weighted by molar-refractivity contribution is 6.06. The molecule has 148 valence electrons. The van der Waals surface area contributed by atoms with Gasteiger partial charge >= 0.3 is 0 Å². The molecule has 0 bridgehead atoms. The maximum Gasteiger partial charge on any atom is 0.258 e. The minimum absolute atomic E-state index is 0.0754. The van der Waals surface area contributed by atoms with Gasteiger partial charge in [0.1, 0.15) is 0 Å². The predicted molar refractivity (Wildman–Crippen MR) is 117 cm³/mol. The minimum Gasteiger partial charge on any atom is -0.352 e. The number of carbonyl (C=O) groups excluding carboxylic acids is 2. The molecule has 0 aromatic heterocycles. The van der Waals surface area contributed by atoms with Crippen LogP contribution in [0.5, 0.6) is 0 Å². The van der Waals surface area contributed by atoms with Crippen LogP contribution in [0, 0.1) is 0 Å². The Kier molecular flexibility index (Phi) is 7.17. The fraction of sp³-hybridized carbons (Fsp3) is 0.200. The van der Waals surface area contributed by atoms with E-state index >= 15 is 0 Å². The first-order valence-corrected chi connectivity index (χ1v) is 9.98. The van der Waals surface area contributed by atoms with Gasteiger partial charge in [-0.2, -0.15) is 0 Å². The second-order valence-electron chi connectivity index (χ2n) is 6.81. The van der Waals surface area contributed by atoms with Gasteiger partial charge in [0.25, 0.3) is 11.8 Å². The van der Waals surface area contributed by atoms with Crippen LogP contribution in [0.3, 0.4) is 0 Å². The van der Waals surface area contributed by atoms with Gasteiger partial charge in [-0.05, 0) is 61.7 Å². The van der Waals surface area contributed by atoms with E-state index in [2.05, 4.69) is 17.4 Å². The monoisotopic (exact) mass is 386 g/mol. The molecular formula is C25H26N2O2. The van der Waals surface area contributed by atoms with Crippen LogP contribution in [0.15, 0.2) is 84.9 Å². The van der Waals surface area contributed by atoms with Crippen LogP contribution in [0.1, 0.15) is 39.6 Å². The van der Waals surface area contributed by atoms with Gasteiger partial charge in [-0.15, -0.1) is 0 Å². The maximum atomic E-state index is 12.8. The zero-order valence-corrected chi connectivity index (χ0v) is 16.7. The Morgan fingerprint density at radius 3 is 2.00 bits per heavy atom. The van der Waals surface area contributed by atoms with Crippen LogP contribution >= 0.6 is 0 Å². The fourth-order valence-corrected chi connectivity index (χ4v) is 3.21. The predicted octanol–water partition coefficient (Wildman–Crippen LogP) is 4.72. The van der Waals surface area contributed by atoms with Gasteiger partial charge in [-0.1, -0.05) is 48.5 Å². The second kappa shape index (κ2) is 10.2. The zero-order valence-electron chi connectivity index (χ0n) is 16.7. The second-order valence-corrected chi connectivity index (χ2v) is 6.81. The summed E-state index contributed by atoms with van der Waals surface area (Å²) in [5.41, 5.74) is 3.25. The van der Waals surface area contributed by atoms with Crippen molar-refractivity contribution in [2.45, 2.75) is 19.8 Å². The first kappa shape index (κ1) is 20.3. The number of nitrogens with one attached hydrogen (secondary N) is 1. The highest BCUT2D eigenvalue weighted by Crippen LogP contribution is 2.17. The summed E-state index contributed by atoms with van der Waals surface area (Å²) < 4.78 is 0. The van der Waals surface area contributed by atoms with Crippen molar-refractivity contribution in [1.29, 1.82) is 0 Å². The first-order chi connectivity index (χ1) is 14.2. The van der Waals surface area contributed by atoms with Crippen molar-refractivity contribution in [3.8, 4) is 0 Å². The Balaban J connectivity index is 1.54. The van der Waals surface area contributed by atoms with E-state index < -0.39 is 0 Å². The molecular weight excluding hydrogens is 360 g/mol. The quantitative estimate of drug-likeness (QED) is 0.570. The molecule has 0 unspecified atom stereocenters. The molecule has 0 aliphatic heterocycles. The van der Waals surface area contributed by atoms with Crippen LogP contribution in [0.4, 0.5) is 5.69 Å². The Hall–Kier alpha value is -3.40. The fourth-order valence-electron chi connectivity index (χ4n) is 3.21. The highest BCUT2D eigenvalue weighted by Gasteiger charge is 2.16. The molecule has 2 amide bonds. The average molecular weight is 386 g/mol. The summed E-state index contributed by atoms with van der Waals surface area (Å²) in [5, 5.41) is 2.94. The van der Waals surface area contributed by atoms with Crippen molar-refractivity contribution in [1.82, 2.24) is 5.32 Å². The van der Waals surface area contributed by atoms with Crippen LogP contribution in [0.2, 0.25) is 0 Å². The SMILES string of the molecule is CCN(C(=O)c1ccc(C(=O)NCCCc2ccccc2)cc1)c1ccccc1. The molecule has 1 N–H and O–H groups in total. The molecule has 29 heavy (non-hydrogen) atoms. The molecule has 4 heteroatoms. The molecule has 3 aromatic carbocycles. The smallest absolute Gasteiger partial charge is 0.258 e. The third-order valence-corrected chi connectivity index (χ3v) is 4.79. The lowest BCUT2D eigenvalue weighted by atomic mass is 10.1. The van der Waals surface area contributed by atoms with Crippen LogP contribution in [0.25, 0.3) is 0 Å². The summed E-state index contributed by atoms with van der Waals surface area (Å²) in [6.45, 7) is 3.14. The van der Waals surface area contributed by atoms with E-state index in [1.807, 2.05) is 55.5 Å². The number of anilines is 1. The topological polar surface area (TPSA) is 49.4 Å². The summed E-state index contributed by atoms with van der Waals surface area (Å²) in [7, 11) is 0. The summed E-state index contributed by atoms with van der Waals surface area (Å²) in [4.78, 5) is 26.9. The molecule has 0 atom stereocenters. The number of nitrogens with zero attached hydrogens (tertiary/aromatic N) is 1. The van der Waals surface area contributed by atoms with Crippen molar-refractivity contribution < 1.29 is 9.59 Å². The van der Waals surface area contributed by atoms with Crippen molar-refractivity contribution in [3.63, 3.8) is 0 Å². The van der Waals surface area contributed by atoms with Gasteiger partial charge in [-0.25, -0.2) is 0 Å². The molecule has 3 aromatic rings. The Labute approximate surface area is 172 Å². The molecule has 4 nitrogen and oxygen atoms in total. The zero-order chi connectivity index (χ0) is 20.5. The number of rotatable bonds is 8. The maximum absolute atomic E-state index is 12.8. The van der Waals surface area contributed by atoms with Crippen molar-refractivity contribution in [3.05, 3.63) is 102 Å². The van der Waals surface area contributed by atoms with Crippen molar-refractivity contribution in [2.75, 3.05) is 18.0 Å². The molecule has 0 heterocycles. The third kappa shape index (κ3) is 5.55. The Bertz CT molecular complexity index is 922. The molecule has 0 fully saturated rings. The van der Waals surface area contributed by atoms with E-state index in [0.717, 1.165) is 18.5 Å². The van der Waals surface area contributed by atoms with E-state index in [-0.39, 0.29) is 11.8 Å². The summed E-state index contributed by atoms with van der Waals surface area (Å²) in [6, 6.07) is 26.6. The summed E-state index contributed by atoms with van der Waals surface area (Å²) in [6.07, 6.45) is 1.82. The van der Waals surface area contributed by atoms with Gasteiger partial charge in [0.05, 0.1) is 0 Å². The molecule has 0 saturated heterocycles. The van der Waals surface area contributed by atoms with Gasteiger partial charge in [0, 0.05) is 29.9 Å². The van der Waals surface area contributed by atoms with E-state index in [4.69, 9.17) is 0 Å². The van der Waals surface area contributed by atoms with Gasteiger partial charge in [0.2, 0.25) is 0 Å². The standard InChI is InChI=1S/C25H26N2O2/c1-2-27(23-13-7-4-8-14-23)25(29)22-17-15-21(16-18-22)24(28)26-19-9-12-20-10-5-3-6-11-20/h3-8,10-11,13-18H,2,9,12,19H2,1H3,(H,26,28). The number of hydrogen-bond donors (Lipinski definition) is 1. The third-order valence-electron chi connectivity index (χ3n) is 4.79. The van der Waals surface area contributed by atoms with Crippen LogP contribution in [-0.2, 0) is 6.42 Å². The molecule has 3 rings (SSSR count). The molecule has 0 saturated carbocycles. The molecule has 0 radical (unpaired) electrons. The lowest BCUT2D eigenvalue weighted by molar-refractivity contribution is 0.0949. The summed E-state index contributed by atoms with van der Waals surface area (Å²) in [5.74, 6) is -0.194. The largest absolute Gasteiger partial charge is 0.352 e. The normalized spacial score (nSPS) is 10.4. The Morgan fingerprint density at radius 2 is 1.38 bits per heavy atom. The number of benzene rings is 3. The molecule has 0 spiro atoms.